The fourth-order valence-corrected chi connectivity index (χ4v) is 3.69. The zero-order valence-corrected chi connectivity index (χ0v) is 11.1. The lowest BCUT2D eigenvalue weighted by Crippen LogP contribution is -2.08. The van der Waals surface area contributed by atoms with E-state index >= 15 is 0 Å². The van der Waals surface area contributed by atoms with Gasteiger partial charge in [-0.25, -0.2) is 4.79 Å². The Hall–Kier alpha value is -2.11. The van der Waals surface area contributed by atoms with Crippen LogP contribution >= 0.6 is 0 Å². The summed E-state index contributed by atoms with van der Waals surface area (Å²) in [6.07, 6.45) is 0.182. The third kappa shape index (κ3) is 2.01. The molecule has 0 spiro atoms. The summed E-state index contributed by atoms with van der Waals surface area (Å²) < 4.78 is 12.6. The van der Waals surface area contributed by atoms with E-state index in [0.29, 0.717) is 10.5 Å². The Kier molecular flexibility index (Phi) is 3.08. The summed E-state index contributed by atoms with van der Waals surface area (Å²) in [5.41, 5.74) is 1.10. The number of carbonyl (C=O) groups excluding carboxylic acids is 1. The first-order chi connectivity index (χ1) is 9.58. The molecule has 0 aromatic heterocycles. The van der Waals surface area contributed by atoms with Crippen LogP contribution in [0.25, 0.3) is 0 Å². The quantitative estimate of drug-likeness (QED) is 0.816. The van der Waals surface area contributed by atoms with Crippen LogP contribution in [-0.2, 0) is 17.6 Å². The smallest absolute Gasteiger partial charge is 0.335 e. The maximum Gasteiger partial charge on any atom is 0.335 e. The van der Waals surface area contributed by atoms with Gasteiger partial charge in [-0.2, -0.15) is 0 Å². The van der Waals surface area contributed by atoms with E-state index in [0.717, 1.165) is 5.56 Å². The van der Waals surface area contributed by atoms with Gasteiger partial charge in [-0.05, 0) is 18.2 Å². The summed E-state index contributed by atoms with van der Waals surface area (Å²) in [6, 6.07) is 11.2. The molecule has 20 heavy (non-hydrogen) atoms. The SMILES string of the molecule is O=C(O)c1ccc2c(c1)[S+]([O-])c1ccccc1CC2=O. The molecule has 4 nitrogen and oxygen atoms in total. The van der Waals surface area contributed by atoms with Crippen LogP contribution < -0.4 is 0 Å². The predicted octanol–water partition coefficient (Wildman–Crippen LogP) is 2.29. The van der Waals surface area contributed by atoms with Crippen molar-refractivity contribution in [2.75, 3.05) is 0 Å². The lowest BCUT2D eigenvalue weighted by Gasteiger charge is -2.11. The summed E-state index contributed by atoms with van der Waals surface area (Å²) in [6.45, 7) is 0. The number of benzene rings is 2. The molecule has 1 aliphatic heterocycles. The van der Waals surface area contributed by atoms with Crippen LogP contribution in [0.4, 0.5) is 0 Å². The van der Waals surface area contributed by atoms with Crippen molar-refractivity contribution >= 4 is 22.9 Å². The van der Waals surface area contributed by atoms with Gasteiger partial charge in [0.1, 0.15) is 0 Å². The molecule has 1 heterocycles. The van der Waals surface area contributed by atoms with Gasteiger partial charge in [0.2, 0.25) is 0 Å². The van der Waals surface area contributed by atoms with Gasteiger partial charge >= 0.3 is 5.97 Å². The number of rotatable bonds is 1. The number of hydrogen-bond acceptors (Lipinski definition) is 3. The van der Waals surface area contributed by atoms with E-state index in [4.69, 9.17) is 5.11 Å². The van der Waals surface area contributed by atoms with Gasteiger partial charge < -0.3 is 9.66 Å². The van der Waals surface area contributed by atoms with E-state index in [1.807, 2.05) is 0 Å². The Morgan fingerprint density at radius 3 is 2.65 bits per heavy atom. The second-order valence-corrected chi connectivity index (χ2v) is 5.91. The maximum atomic E-state index is 12.6. The summed E-state index contributed by atoms with van der Waals surface area (Å²) >= 11 is -1.54. The van der Waals surface area contributed by atoms with Crippen molar-refractivity contribution < 1.29 is 19.2 Å². The van der Waals surface area contributed by atoms with Crippen LogP contribution in [0.3, 0.4) is 0 Å². The minimum atomic E-state index is -1.54. The standard InChI is InChI=1S/C15H10O4S/c16-12-7-9-3-1-2-4-13(9)20(19)14-8-10(15(17)18)5-6-11(12)14/h1-6,8H,7H2,(H,17,18). The maximum absolute atomic E-state index is 12.6. The van der Waals surface area contributed by atoms with Crippen LogP contribution in [0.5, 0.6) is 0 Å². The molecule has 0 amide bonds. The largest absolute Gasteiger partial charge is 0.606 e. The second kappa shape index (κ2) is 4.77. The van der Waals surface area contributed by atoms with Gasteiger partial charge in [-0.15, -0.1) is 0 Å². The molecule has 0 fully saturated rings. The van der Waals surface area contributed by atoms with Gasteiger partial charge in [-0.1, -0.05) is 18.2 Å². The fourth-order valence-electron chi connectivity index (χ4n) is 2.26. The lowest BCUT2D eigenvalue weighted by molar-refractivity contribution is 0.0696. The highest BCUT2D eigenvalue weighted by molar-refractivity contribution is 7.91. The number of hydrogen-bond donors (Lipinski definition) is 1. The van der Waals surface area contributed by atoms with Gasteiger partial charge in [0.15, 0.2) is 15.6 Å². The Labute approximate surface area is 118 Å². The Balaban J connectivity index is 2.23. The van der Waals surface area contributed by atoms with Crippen LogP contribution in [0.15, 0.2) is 52.3 Å². The molecule has 0 saturated carbocycles. The van der Waals surface area contributed by atoms with Crippen LogP contribution in [0.1, 0.15) is 26.3 Å². The molecule has 1 N–H and O–H groups in total. The highest BCUT2D eigenvalue weighted by Crippen LogP contribution is 2.32. The molecule has 1 atom stereocenters. The van der Waals surface area contributed by atoms with E-state index in [9.17, 15) is 14.1 Å². The molecule has 100 valence electrons. The van der Waals surface area contributed by atoms with Crippen molar-refractivity contribution in [3.05, 3.63) is 59.2 Å². The molecule has 2 aromatic carbocycles. The number of carboxylic acids is 1. The van der Waals surface area contributed by atoms with E-state index in [2.05, 4.69) is 0 Å². The molecule has 2 aromatic rings. The van der Waals surface area contributed by atoms with Crippen LogP contribution in [0, 0.1) is 0 Å². The Morgan fingerprint density at radius 2 is 1.90 bits per heavy atom. The molecule has 5 heteroatoms. The highest BCUT2D eigenvalue weighted by atomic mass is 32.2. The van der Waals surface area contributed by atoms with E-state index in [1.165, 1.54) is 18.2 Å². The van der Waals surface area contributed by atoms with Gasteiger partial charge in [0.25, 0.3) is 0 Å². The molecular weight excluding hydrogens is 276 g/mol. The number of fused-ring (bicyclic) bond motifs is 2. The number of ketones is 1. The number of Topliss-reactive ketones (excluding diaryl/α,β-unsaturated/α-hetero) is 1. The zero-order chi connectivity index (χ0) is 14.3. The topological polar surface area (TPSA) is 77.4 Å². The van der Waals surface area contributed by atoms with Crippen LogP contribution in [-0.4, -0.2) is 21.4 Å². The highest BCUT2D eigenvalue weighted by Gasteiger charge is 2.31. The van der Waals surface area contributed by atoms with E-state index < -0.39 is 17.1 Å². The summed E-state index contributed by atoms with van der Waals surface area (Å²) in [5, 5.41) is 9.02. The number of carboxylic acid groups (broad SMARTS) is 1. The molecule has 0 bridgehead atoms. The van der Waals surface area contributed by atoms with E-state index in [-0.39, 0.29) is 22.7 Å². The van der Waals surface area contributed by atoms with Gasteiger partial charge in [-0.3, -0.25) is 4.79 Å². The molecule has 1 aliphatic rings. The normalized spacial score (nSPS) is 17.1. The van der Waals surface area contributed by atoms with E-state index in [1.54, 1.807) is 24.3 Å². The molecule has 0 saturated heterocycles. The number of carbonyl (C=O) groups is 2. The minimum absolute atomic E-state index is 0.0317. The monoisotopic (exact) mass is 286 g/mol. The first-order valence-corrected chi connectivity index (χ1v) is 7.13. The third-order valence-electron chi connectivity index (χ3n) is 3.25. The summed E-state index contributed by atoms with van der Waals surface area (Å²) in [4.78, 5) is 24.1. The fraction of sp³-hybridized carbons (Fsp3) is 0.0667. The van der Waals surface area contributed by atoms with Gasteiger partial charge in [0.05, 0.1) is 11.1 Å². The average Bonchev–Trinajstić information content (AvgIpc) is 2.55. The minimum Gasteiger partial charge on any atom is -0.606 e. The van der Waals surface area contributed by atoms with Crippen molar-refractivity contribution in [3.8, 4) is 0 Å². The number of aromatic carboxylic acids is 1. The summed E-state index contributed by atoms with van der Waals surface area (Å²) in [7, 11) is 0. The van der Waals surface area contributed by atoms with Gasteiger partial charge in [0, 0.05) is 29.2 Å². The molecule has 0 radical (unpaired) electrons. The zero-order valence-electron chi connectivity index (χ0n) is 10.3. The molecular formula is C15H10O4S. The van der Waals surface area contributed by atoms with Crippen LogP contribution in [0.2, 0.25) is 0 Å². The molecule has 0 aliphatic carbocycles. The Morgan fingerprint density at radius 1 is 1.15 bits per heavy atom. The summed E-state index contributed by atoms with van der Waals surface area (Å²) in [5.74, 6) is -1.25. The first kappa shape index (κ1) is 12.9. The van der Waals surface area contributed by atoms with Crippen molar-refractivity contribution in [1.29, 1.82) is 0 Å². The molecule has 3 rings (SSSR count). The van der Waals surface area contributed by atoms with Crippen molar-refractivity contribution in [2.24, 2.45) is 0 Å². The van der Waals surface area contributed by atoms with Crippen molar-refractivity contribution in [3.63, 3.8) is 0 Å². The third-order valence-corrected chi connectivity index (χ3v) is 4.79. The average molecular weight is 286 g/mol. The van der Waals surface area contributed by atoms with Crippen molar-refractivity contribution in [2.45, 2.75) is 16.2 Å². The molecule has 1 unspecified atom stereocenters. The second-order valence-electron chi connectivity index (χ2n) is 4.49. The Bertz CT molecular complexity index is 724. The first-order valence-electron chi connectivity index (χ1n) is 5.98. The predicted molar refractivity (Wildman–Crippen MR) is 72.6 cm³/mol. The van der Waals surface area contributed by atoms with Crippen molar-refractivity contribution in [1.82, 2.24) is 0 Å². The lowest BCUT2D eigenvalue weighted by atomic mass is 10.0.